The average Bonchev–Trinajstić information content (AvgIpc) is 2.58. The van der Waals surface area contributed by atoms with Crippen molar-refractivity contribution in [1.82, 2.24) is 4.90 Å². The minimum Gasteiger partial charge on any atom is -0.395 e. The molecule has 1 heterocycles. The second-order valence-corrected chi connectivity index (χ2v) is 2.83. The Morgan fingerprint density at radius 3 is 2.69 bits per heavy atom. The molecule has 4 heteroatoms. The fourth-order valence-corrected chi connectivity index (χ4v) is 1.23. The Bertz CT molecular complexity index is 172. The SMILES string of the molecule is C#CCN(CCO)CC1OCCO1. The average molecular weight is 185 g/mol. The van der Waals surface area contributed by atoms with E-state index in [-0.39, 0.29) is 12.9 Å². The number of hydrogen-bond donors (Lipinski definition) is 1. The van der Waals surface area contributed by atoms with Gasteiger partial charge in [0, 0.05) is 6.54 Å². The third-order valence-electron chi connectivity index (χ3n) is 1.83. The first-order valence-corrected chi connectivity index (χ1v) is 4.36. The molecule has 74 valence electrons. The van der Waals surface area contributed by atoms with Crippen LogP contribution in [0.15, 0.2) is 0 Å². The summed E-state index contributed by atoms with van der Waals surface area (Å²) in [6.07, 6.45) is 5.00. The van der Waals surface area contributed by atoms with E-state index in [9.17, 15) is 0 Å². The molecule has 1 rings (SSSR count). The molecule has 1 aliphatic heterocycles. The lowest BCUT2D eigenvalue weighted by Gasteiger charge is -2.21. The highest BCUT2D eigenvalue weighted by Crippen LogP contribution is 2.05. The predicted molar refractivity (Wildman–Crippen MR) is 48.1 cm³/mol. The summed E-state index contributed by atoms with van der Waals surface area (Å²) in [7, 11) is 0. The number of terminal acetylenes is 1. The molecule has 0 radical (unpaired) electrons. The zero-order valence-electron chi connectivity index (χ0n) is 7.61. The van der Waals surface area contributed by atoms with E-state index in [0.29, 0.717) is 32.8 Å². The number of ether oxygens (including phenoxy) is 2. The van der Waals surface area contributed by atoms with Crippen LogP contribution in [0, 0.1) is 12.3 Å². The van der Waals surface area contributed by atoms with Crippen molar-refractivity contribution in [2.75, 3.05) is 39.5 Å². The van der Waals surface area contributed by atoms with Crippen molar-refractivity contribution in [3.05, 3.63) is 0 Å². The largest absolute Gasteiger partial charge is 0.395 e. The van der Waals surface area contributed by atoms with Crippen molar-refractivity contribution in [3.8, 4) is 12.3 Å². The lowest BCUT2D eigenvalue weighted by Crippen LogP contribution is -2.35. The lowest BCUT2D eigenvalue weighted by atomic mass is 10.4. The van der Waals surface area contributed by atoms with Crippen molar-refractivity contribution >= 4 is 0 Å². The summed E-state index contributed by atoms with van der Waals surface area (Å²) in [6.45, 7) is 3.11. The highest BCUT2D eigenvalue weighted by Gasteiger charge is 2.18. The minimum atomic E-state index is -0.181. The molecule has 13 heavy (non-hydrogen) atoms. The highest BCUT2D eigenvalue weighted by molar-refractivity contribution is 4.88. The molecular formula is C9H15NO3. The summed E-state index contributed by atoms with van der Waals surface area (Å²) in [5, 5.41) is 8.75. The highest BCUT2D eigenvalue weighted by atomic mass is 16.7. The van der Waals surface area contributed by atoms with Crippen LogP contribution in [-0.2, 0) is 9.47 Å². The van der Waals surface area contributed by atoms with Gasteiger partial charge in [0.25, 0.3) is 0 Å². The van der Waals surface area contributed by atoms with Crippen LogP contribution < -0.4 is 0 Å². The van der Waals surface area contributed by atoms with E-state index in [1.54, 1.807) is 0 Å². The Morgan fingerprint density at radius 2 is 2.15 bits per heavy atom. The molecule has 0 bridgehead atoms. The molecule has 0 aliphatic carbocycles. The smallest absolute Gasteiger partial charge is 0.170 e. The van der Waals surface area contributed by atoms with Crippen LogP contribution in [0.4, 0.5) is 0 Å². The molecule has 0 spiro atoms. The van der Waals surface area contributed by atoms with Crippen LogP contribution in [0.25, 0.3) is 0 Å². The number of aliphatic hydroxyl groups is 1. The number of aliphatic hydroxyl groups excluding tert-OH is 1. The van der Waals surface area contributed by atoms with Crippen molar-refractivity contribution in [2.45, 2.75) is 6.29 Å². The van der Waals surface area contributed by atoms with E-state index in [1.165, 1.54) is 0 Å². The second kappa shape index (κ2) is 5.95. The van der Waals surface area contributed by atoms with Gasteiger partial charge in [-0.05, 0) is 0 Å². The summed E-state index contributed by atoms with van der Waals surface area (Å²) >= 11 is 0. The minimum absolute atomic E-state index is 0.106. The molecule has 0 unspecified atom stereocenters. The van der Waals surface area contributed by atoms with Gasteiger partial charge in [0.15, 0.2) is 6.29 Å². The molecule has 0 aromatic heterocycles. The predicted octanol–water partition coefficient (Wildman–Crippen LogP) is -0.713. The third kappa shape index (κ3) is 3.75. The number of rotatable bonds is 5. The van der Waals surface area contributed by atoms with Crippen LogP contribution >= 0.6 is 0 Å². The van der Waals surface area contributed by atoms with Gasteiger partial charge in [0.05, 0.1) is 32.9 Å². The van der Waals surface area contributed by atoms with Crippen molar-refractivity contribution in [2.24, 2.45) is 0 Å². The molecule has 0 amide bonds. The lowest BCUT2D eigenvalue weighted by molar-refractivity contribution is -0.0613. The zero-order valence-corrected chi connectivity index (χ0v) is 7.61. The quantitative estimate of drug-likeness (QED) is 0.574. The van der Waals surface area contributed by atoms with Gasteiger partial charge in [-0.15, -0.1) is 6.42 Å². The topological polar surface area (TPSA) is 41.9 Å². The molecule has 1 aliphatic rings. The first kappa shape index (κ1) is 10.5. The first-order chi connectivity index (χ1) is 6.36. The molecule has 0 atom stereocenters. The van der Waals surface area contributed by atoms with Crippen LogP contribution in [0.2, 0.25) is 0 Å². The Kier molecular flexibility index (Phi) is 4.79. The van der Waals surface area contributed by atoms with Gasteiger partial charge in [-0.2, -0.15) is 0 Å². The van der Waals surface area contributed by atoms with Crippen molar-refractivity contribution in [3.63, 3.8) is 0 Å². The van der Waals surface area contributed by atoms with Crippen molar-refractivity contribution in [1.29, 1.82) is 0 Å². The zero-order chi connectivity index (χ0) is 9.52. The van der Waals surface area contributed by atoms with Crippen LogP contribution in [0.1, 0.15) is 0 Å². The van der Waals surface area contributed by atoms with E-state index >= 15 is 0 Å². The summed E-state index contributed by atoms with van der Waals surface area (Å²) < 4.78 is 10.5. The van der Waals surface area contributed by atoms with Crippen LogP contribution in [0.5, 0.6) is 0 Å². The molecule has 1 saturated heterocycles. The molecule has 0 saturated carbocycles. The fourth-order valence-electron chi connectivity index (χ4n) is 1.23. The Hall–Kier alpha value is -0.600. The monoisotopic (exact) mass is 185 g/mol. The Balaban J connectivity index is 2.24. The van der Waals surface area contributed by atoms with Crippen LogP contribution in [0.3, 0.4) is 0 Å². The molecule has 4 nitrogen and oxygen atoms in total. The molecular weight excluding hydrogens is 170 g/mol. The van der Waals surface area contributed by atoms with Gasteiger partial charge >= 0.3 is 0 Å². The molecule has 0 aromatic carbocycles. The van der Waals surface area contributed by atoms with Gasteiger partial charge in [0.2, 0.25) is 0 Å². The first-order valence-electron chi connectivity index (χ1n) is 4.36. The van der Waals surface area contributed by atoms with Crippen LogP contribution in [-0.4, -0.2) is 55.8 Å². The van der Waals surface area contributed by atoms with E-state index in [2.05, 4.69) is 5.92 Å². The maximum atomic E-state index is 8.75. The Morgan fingerprint density at radius 1 is 1.46 bits per heavy atom. The number of hydrogen-bond acceptors (Lipinski definition) is 4. The molecule has 1 fully saturated rings. The molecule has 1 N–H and O–H groups in total. The van der Waals surface area contributed by atoms with E-state index in [1.807, 2.05) is 4.90 Å². The fraction of sp³-hybridized carbons (Fsp3) is 0.778. The maximum absolute atomic E-state index is 8.75. The van der Waals surface area contributed by atoms with Gasteiger partial charge in [-0.3, -0.25) is 4.90 Å². The summed E-state index contributed by atoms with van der Waals surface area (Å²) in [4.78, 5) is 1.93. The van der Waals surface area contributed by atoms with E-state index in [4.69, 9.17) is 21.0 Å². The van der Waals surface area contributed by atoms with E-state index in [0.717, 1.165) is 0 Å². The van der Waals surface area contributed by atoms with Gasteiger partial charge in [-0.1, -0.05) is 5.92 Å². The van der Waals surface area contributed by atoms with Crippen molar-refractivity contribution < 1.29 is 14.6 Å². The van der Waals surface area contributed by atoms with Gasteiger partial charge in [-0.25, -0.2) is 0 Å². The summed E-state index contributed by atoms with van der Waals surface area (Å²) in [5.74, 6) is 2.53. The molecule has 0 aromatic rings. The summed E-state index contributed by atoms with van der Waals surface area (Å²) in [5.41, 5.74) is 0. The maximum Gasteiger partial charge on any atom is 0.170 e. The van der Waals surface area contributed by atoms with Gasteiger partial charge < -0.3 is 14.6 Å². The standard InChI is InChI=1S/C9H15NO3/c1-2-3-10(4-5-11)8-9-12-6-7-13-9/h1,9,11H,3-8H2. The normalized spacial score (nSPS) is 17.9. The number of nitrogens with zero attached hydrogens (tertiary/aromatic N) is 1. The summed E-state index contributed by atoms with van der Waals surface area (Å²) in [6, 6.07) is 0. The third-order valence-corrected chi connectivity index (χ3v) is 1.83. The van der Waals surface area contributed by atoms with Gasteiger partial charge in [0.1, 0.15) is 0 Å². The Labute approximate surface area is 78.4 Å². The van der Waals surface area contributed by atoms with E-state index < -0.39 is 0 Å². The second-order valence-electron chi connectivity index (χ2n) is 2.83.